The third-order valence-corrected chi connectivity index (χ3v) is 3.25. The van der Waals surface area contributed by atoms with Crippen LogP contribution >= 0.6 is 23.1 Å². The van der Waals surface area contributed by atoms with Gasteiger partial charge in [-0.2, -0.15) is 0 Å². The van der Waals surface area contributed by atoms with Crippen molar-refractivity contribution in [2.24, 2.45) is 0 Å². The van der Waals surface area contributed by atoms with Gasteiger partial charge in [0.05, 0.1) is 4.92 Å². The van der Waals surface area contributed by atoms with Crippen LogP contribution in [-0.4, -0.2) is 19.9 Å². The summed E-state index contributed by atoms with van der Waals surface area (Å²) in [6.45, 7) is 0. The van der Waals surface area contributed by atoms with Crippen molar-refractivity contribution in [2.45, 2.75) is 9.50 Å². The number of nitrogens with one attached hydrogen (secondary N) is 1. The van der Waals surface area contributed by atoms with Crippen LogP contribution in [0, 0.1) is 10.1 Å². The number of thiazole rings is 1. The molecule has 6 nitrogen and oxygen atoms in total. The molecule has 2 rings (SSSR count). The van der Waals surface area contributed by atoms with E-state index in [1.165, 1.54) is 18.0 Å². The van der Waals surface area contributed by atoms with E-state index in [9.17, 15) is 10.1 Å². The number of H-pyrrole nitrogens is 1. The van der Waals surface area contributed by atoms with Crippen molar-refractivity contribution in [3.05, 3.63) is 28.7 Å². The standard InChI is InChI=1S/C6H4N4O2S2/c11-10(12)4-3-9-6(13-4)14-5-7-1-2-8-5/h1-3H,(H,7,8). The second-order valence-electron chi connectivity index (χ2n) is 2.22. The van der Waals surface area contributed by atoms with E-state index < -0.39 is 4.92 Å². The molecule has 0 spiro atoms. The van der Waals surface area contributed by atoms with Gasteiger partial charge in [0, 0.05) is 12.4 Å². The maximum atomic E-state index is 10.4. The fraction of sp³-hybridized carbons (Fsp3) is 0. The molecule has 2 aromatic rings. The third kappa shape index (κ3) is 1.91. The zero-order chi connectivity index (χ0) is 9.97. The molecular formula is C6H4N4O2S2. The summed E-state index contributed by atoms with van der Waals surface area (Å²) in [4.78, 5) is 20.6. The Morgan fingerprint density at radius 2 is 2.43 bits per heavy atom. The number of rotatable bonds is 3. The van der Waals surface area contributed by atoms with Crippen molar-refractivity contribution in [2.75, 3.05) is 0 Å². The van der Waals surface area contributed by atoms with Gasteiger partial charge in [-0.1, -0.05) is 0 Å². The monoisotopic (exact) mass is 228 g/mol. The summed E-state index contributed by atoms with van der Waals surface area (Å²) in [5.74, 6) is 0. The summed E-state index contributed by atoms with van der Waals surface area (Å²) < 4.78 is 0.603. The highest BCUT2D eigenvalue weighted by molar-refractivity contribution is 8.00. The van der Waals surface area contributed by atoms with Crippen LogP contribution in [0.2, 0.25) is 0 Å². The van der Waals surface area contributed by atoms with Crippen molar-refractivity contribution in [3.8, 4) is 0 Å². The van der Waals surface area contributed by atoms with Crippen LogP contribution in [0.3, 0.4) is 0 Å². The zero-order valence-electron chi connectivity index (χ0n) is 6.71. The molecule has 0 aliphatic heterocycles. The lowest BCUT2D eigenvalue weighted by Gasteiger charge is -1.87. The fourth-order valence-electron chi connectivity index (χ4n) is 0.771. The Labute approximate surface area is 86.6 Å². The van der Waals surface area contributed by atoms with Crippen LogP contribution < -0.4 is 0 Å². The predicted molar refractivity (Wildman–Crippen MR) is 51.5 cm³/mol. The topological polar surface area (TPSA) is 84.7 Å². The molecule has 0 saturated heterocycles. The Morgan fingerprint density at radius 1 is 1.57 bits per heavy atom. The molecule has 0 aromatic carbocycles. The molecule has 2 aromatic heterocycles. The van der Waals surface area contributed by atoms with Crippen molar-refractivity contribution in [1.82, 2.24) is 15.0 Å². The van der Waals surface area contributed by atoms with E-state index in [0.717, 1.165) is 11.3 Å². The summed E-state index contributed by atoms with van der Waals surface area (Å²) in [7, 11) is 0. The van der Waals surface area contributed by atoms with Crippen LogP contribution in [0.1, 0.15) is 0 Å². The second kappa shape index (κ2) is 3.76. The Balaban J connectivity index is 2.14. The summed E-state index contributed by atoms with van der Waals surface area (Å²) in [5, 5.41) is 11.1. The van der Waals surface area contributed by atoms with Gasteiger partial charge in [-0.05, 0) is 23.1 Å². The van der Waals surface area contributed by atoms with Gasteiger partial charge in [-0.3, -0.25) is 10.1 Å². The minimum atomic E-state index is -0.455. The first-order valence-electron chi connectivity index (χ1n) is 3.53. The number of aromatic amines is 1. The maximum absolute atomic E-state index is 10.4. The normalized spacial score (nSPS) is 10.3. The van der Waals surface area contributed by atoms with E-state index in [2.05, 4.69) is 15.0 Å². The summed E-state index contributed by atoms with van der Waals surface area (Å²) in [6, 6.07) is 0. The van der Waals surface area contributed by atoms with E-state index in [1.807, 2.05) is 0 Å². The van der Waals surface area contributed by atoms with Gasteiger partial charge in [-0.15, -0.1) is 0 Å². The quantitative estimate of drug-likeness (QED) is 0.640. The molecule has 0 saturated carbocycles. The number of nitro groups is 1. The molecule has 1 N–H and O–H groups in total. The first-order valence-corrected chi connectivity index (χ1v) is 5.16. The maximum Gasteiger partial charge on any atom is 0.344 e. The van der Waals surface area contributed by atoms with Crippen LogP contribution in [0.4, 0.5) is 5.00 Å². The zero-order valence-corrected chi connectivity index (χ0v) is 8.34. The van der Waals surface area contributed by atoms with E-state index in [4.69, 9.17) is 0 Å². The molecule has 14 heavy (non-hydrogen) atoms. The van der Waals surface area contributed by atoms with Crippen molar-refractivity contribution < 1.29 is 4.92 Å². The summed E-state index contributed by atoms with van der Waals surface area (Å²) in [6.07, 6.45) is 4.55. The van der Waals surface area contributed by atoms with E-state index in [0.29, 0.717) is 9.50 Å². The highest BCUT2D eigenvalue weighted by atomic mass is 32.2. The van der Waals surface area contributed by atoms with Crippen molar-refractivity contribution >= 4 is 28.1 Å². The Kier molecular flexibility index (Phi) is 2.46. The second-order valence-corrected chi connectivity index (χ2v) is 4.46. The Morgan fingerprint density at radius 3 is 3.00 bits per heavy atom. The van der Waals surface area contributed by atoms with Gasteiger partial charge < -0.3 is 4.98 Å². The average molecular weight is 228 g/mol. The lowest BCUT2D eigenvalue weighted by Crippen LogP contribution is -1.80. The molecule has 0 atom stereocenters. The molecule has 0 radical (unpaired) electrons. The highest BCUT2D eigenvalue weighted by Crippen LogP contribution is 2.32. The number of aromatic nitrogens is 3. The average Bonchev–Trinajstić information content (AvgIpc) is 2.75. The van der Waals surface area contributed by atoms with Gasteiger partial charge >= 0.3 is 5.00 Å². The number of hydrogen-bond acceptors (Lipinski definition) is 6. The number of imidazole rings is 1. The van der Waals surface area contributed by atoms with Crippen molar-refractivity contribution in [3.63, 3.8) is 0 Å². The van der Waals surface area contributed by atoms with Gasteiger partial charge in [0.1, 0.15) is 6.20 Å². The predicted octanol–water partition coefficient (Wildman–Crippen LogP) is 1.93. The van der Waals surface area contributed by atoms with Crippen LogP contribution in [0.5, 0.6) is 0 Å². The molecule has 0 aliphatic rings. The number of hydrogen-bond donors (Lipinski definition) is 1. The minimum Gasteiger partial charge on any atom is -0.339 e. The minimum absolute atomic E-state index is 0.0408. The SMILES string of the molecule is O=[N+]([O-])c1cnc(Sc2ncc[nH]2)s1. The summed E-state index contributed by atoms with van der Waals surface area (Å²) >= 11 is 2.30. The van der Waals surface area contributed by atoms with Crippen LogP contribution in [0.15, 0.2) is 28.1 Å². The first kappa shape index (κ1) is 9.16. The van der Waals surface area contributed by atoms with E-state index >= 15 is 0 Å². The third-order valence-electron chi connectivity index (χ3n) is 1.31. The highest BCUT2D eigenvalue weighted by Gasteiger charge is 2.12. The summed E-state index contributed by atoms with van der Waals surface area (Å²) in [5.41, 5.74) is 0. The Bertz CT molecular complexity index is 438. The lowest BCUT2D eigenvalue weighted by atomic mass is 10.9. The fourth-order valence-corrected chi connectivity index (χ4v) is 2.41. The van der Waals surface area contributed by atoms with Gasteiger partial charge in [0.15, 0.2) is 9.50 Å². The first-order chi connectivity index (χ1) is 6.75. The smallest absolute Gasteiger partial charge is 0.339 e. The lowest BCUT2D eigenvalue weighted by molar-refractivity contribution is -0.380. The van der Waals surface area contributed by atoms with E-state index in [1.54, 1.807) is 12.4 Å². The van der Waals surface area contributed by atoms with Crippen LogP contribution in [-0.2, 0) is 0 Å². The van der Waals surface area contributed by atoms with Crippen molar-refractivity contribution in [1.29, 1.82) is 0 Å². The molecular weight excluding hydrogens is 224 g/mol. The molecule has 72 valence electrons. The van der Waals surface area contributed by atoms with Gasteiger partial charge in [0.25, 0.3) is 0 Å². The van der Waals surface area contributed by atoms with Gasteiger partial charge in [0.2, 0.25) is 0 Å². The van der Waals surface area contributed by atoms with E-state index in [-0.39, 0.29) is 5.00 Å². The van der Waals surface area contributed by atoms with Crippen LogP contribution in [0.25, 0.3) is 0 Å². The molecule has 0 unspecified atom stereocenters. The Hall–Kier alpha value is -1.41. The molecule has 0 aliphatic carbocycles. The largest absolute Gasteiger partial charge is 0.344 e. The molecule has 0 amide bonds. The number of nitrogens with zero attached hydrogens (tertiary/aromatic N) is 3. The molecule has 8 heteroatoms. The molecule has 2 heterocycles. The van der Waals surface area contributed by atoms with Gasteiger partial charge in [-0.25, -0.2) is 9.97 Å². The molecule has 0 bridgehead atoms. The molecule has 0 fully saturated rings.